The molecule has 19 heavy (non-hydrogen) atoms. The van der Waals surface area contributed by atoms with E-state index in [0.29, 0.717) is 10.8 Å². The van der Waals surface area contributed by atoms with Gasteiger partial charge in [-0.3, -0.25) is 4.79 Å². The molecule has 2 rings (SSSR count). The third kappa shape index (κ3) is 3.88. The molecule has 1 aromatic carbocycles. The van der Waals surface area contributed by atoms with Crippen LogP contribution in [0.5, 0.6) is 0 Å². The molecule has 1 aliphatic heterocycles. The lowest BCUT2D eigenvalue weighted by Gasteiger charge is -2.34. The van der Waals surface area contributed by atoms with Gasteiger partial charge in [0.05, 0.1) is 23.4 Å². The number of benzene rings is 1. The van der Waals surface area contributed by atoms with Gasteiger partial charge in [-0.15, -0.1) is 11.8 Å². The Kier molecular flexibility index (Phi) is 5.55. The Labute approximate surface area is 122 Å². The maximum atomic E-state index is 12.2. The molecule has 0 bridgehead atoms. The van der Waals surface area contributed by atoms with Crippen LogP contribution in [0.2, 0.25) is 5.02 Å². The van der Waals surface area contributed by atoms with E-state index in [1.54, 1.807) is 0 Å². The third-order valence-electron chi connectivity index (χ3n) is 3.35. The number of hydrogen-bond acceptors (Lipinski definition) is 3. The maximum absolute atomic E-state index is 12.2. The number of amides is 1. The average molecular weight is 300 g/mol. The number of likely N-dealkylation sites (tertiary alicyclic amines) is 1. The molecule has 1 atom stereocenters. The lowest BCUT2D eigenvalue weighted by molar-refractivity contribution is -0.132. The Morgan fingerprint density at radius 1 is 1.42 bits per heavy atom. The summed E-state index contributed by atoms with van der Waals surface area (Å²) in [5.41, 5.74) is 0. The Balaban J connectivity index is 1.92. The molecule has 1 saturated heterocycles. The Hall–Kier alpha value is -0.710. The number of halogens is 1. The van der Waals surface area contributed by atoms with E-state index in [1.807, 2.05) is 29.2 Å². The van der Waals surface area contributed by atoms with Crippen LogP contribution in [-0.4, -0.2) is 40.9 Å². The molecule has 0 aromatic heterocycles. The van der Waals surface area contributed by atoms with Crippen LogP contribution < -0.4 is 0 Å². The molecule has 3 nitrogen and oxygen atoms in total. The Bertz CT molecular complexity index is 441. The van der Waals surface area contributed by atoms with Crippen molar-refractivity contribution < 1.29 is 9.90 Å². The lowest BCUT2D eigenvalue weighted by atomic mass is 10.0. The number of piperidine rings is 1. The number of nitrogens with zero attached hydrogens (tertiary/aromatic N) is 1. The van der Waals surface area contributed by atoms with Gasteiger partial charge in [0.15, 0.2) is 0 Å². The standard InChI is InChI=1S/C14H18ClNO2S/c15-12-6-1-2-7-13(12)19-10-14(18)16-8-4-3-5-11(16)9-17/h1-2,6-7,11,17H,3-5,8-10H2. The van der Waals surface area contributed by atoms with Crippen LogP contribution in [0.4, 0.5) is 0 Å². The number of rotatable bonds is 4. The fourth-order valence-corrected chi connectivity index (χ4v) is 3.43. The van der Waals surface area contributed by atoms with E-state index >= 15 is 0 Å². The van der Waals surface area contributed by atoms with Gasteiger partial charge in [-0.05, 0) is 31.4 Å². The molecule has 1 fully saturated rings. The highest BCUT2D eigenvalue weighted by atomic mass is 35.5. The molecular weight excluding hydrogens is 282 g/mol. The summed E-state index contributed by atoms with van der Waals surface area (Å²) in [5, 5.41) is 10.00. The van der Waals surface area contributed by atoms with Crippen molar-refractivity contribution in [2.24, 2.45) is 0 Å². The molecule has 0 saturated carbocycles. The molecule has 1 aliphatic rings. The van der Waals surface area contributed by atoms with Crippen LogP contribution >= 0.6 is 23.4 Å². The highest BCUT2D eigenvalue weighted by Gasteiger charge is 2.25. The highest BCUT2D eigenvalue weighted by molar-refractivity contribution is 8.00. The fourth-order valence-electron chi connectivity index (χ4n) is 2.30. The van der Waals surface area contributed by atoms with Gasteiger partial charge in [0, 0.05) is 11.4 Å². The number of thioether (sulfide) groups is 1. The SMILES string of the molecule is O=C(CSc1ccccc1Cl)N1CCCCC1CO. The van der Waals surface area contributed by atoms with E-state index in [4.69, 9.17) is 11.6 Å². The molecule has 5 heteroatoms. The molecular formula is C14H18ClNO2S. The first-order valence-corrected chi connectivity index (χ1v) is 7.86. The Morgan fingerprint density at radius 3 is 2.95 bits per heavy atom. The van der Waals surface area contributed by atoms with Crippen LogP contribution in [0, 0.1) is 0 Å². The van der Waals surface area contributed by atoms with E-state index in [9.17, 15) is 9.90 Å². The number of carbonyl (C=O) groups excluding carboxylic acids is 1. The van der Waals surface area contributed by atoms with E-state index in [1.165, 1.54) is 11.8 Å². The molecule has 1 heterocycles. The minimum absolute atomic E-state index is 0.00639. The van der Waals surface area contributed by atoms with Crippen molar-refractivity contribution in [3.63, 3.8) is 0 Å². The summed E-state index contributed by atoms with van der Waals surface area (Å²) in [6.45, 7) is 0.815. The van der Waals surface area contributed by atoms with Crippen molar-refractivity contribution in [1.82, 2.24) is 4.90 Å². The van der Waals surface area contributed by atoms with Crippen molar-refractivity contribution in [3.05, 3.63) is 29.3 Å². The lowest BCUT2D eigenvalue weighted by Crippen LogP contribution is -2.46. The number of hydrogen-bond donors (Lipinski definition) is 1. The first kappa shape index (κ1) is 14.7. The summed E-state index contributed by atoms with van der Waals surface area (Å²) in [6.07, 6.45) is 3.02. The summed E-state index contributed by atoms with van der Waals surface area (Å²) in [4.78, 5) is 14.9. The zero-order valence-electron chi connectivity index (χ0n) is 10.7. The second-order valence-corrected chi connectivity index (χ2v) is 6.06. The molecule has 0 radical (unpaired) electrons. The number of carbonyl (C=O) groups is 1. The smallest absolute Gasteiger partial charge is 0.233 e. The summed E-state index contributed by atoms with van der Waals surface area (Å²) in [7, 11) is 0. The minimum atomic E-state index is -0.00639. The van der Waals surface area contributed by atoms with Gasteiger partial charge < -0.3 is 10.0 Å². The van der Waals surface area contributed by atoms with Gasteiger partial charge >= 0.3 is 0 Å². The quantitative estimate of drug-likeness (QED) is 0.869. The topological polar surface area (TPSA) is 40.5 Å². The van der Waals surface area contributed by atoms with Gasteiger partial charge in [-0.25, -0.2) is 0 Å². The highest BCUT2D eigenvalue weighted by Crippen LogP contribution is 2.27. The summed E-state index contributed by atoms with van der Waals surface area (Å²) >= 11 is 7.52. The van der Waals surface area contributed by atoms with Gasteiger partial charge in [0.25, 0.3) is 0 Å². The zero-order valence-corrected chi connectivity index (χ0v) is 12.3. The molecule has 104 valence electrons. The second-order valence-electron chi connectivity index (χ2n) is 4.64. The fraction of sp³-hybridized carbons (Fsp3) is 0.500. The summed E-state index contributed by atoms with van der Waals surface area (Å²) in [6, 6.07) is 7.52. The van der Waals surface area contributed by atoms with Crippen LogP contribution in [0.3, 0.4) is 0 Å². The van der Waals surface area contributed by atoms with Crippen molar-refractivity contribution in [2.75, 3.05) is 18.9 Å². The molecule has 0 spiro atoms. The predicted octanol–water partition coefficient (Wildman–Crippen LogP) is 2.81. The van der Waals surface area contributed by atoms with Crippen molar-refractivity contribution in [1.29, 1.82) is 0 Å². The number of aliphatic hydroxyl groups is 1. The first-order valence-electron chi connectivity index (χ1n) is 6.50. The van der Waals surface area contributed by atoms with Gasteiger partial charge in [-0.1, -0.05) is 23.7 Å². The summed E-state index contributed by atoms with van der Waals surface area (Å²) in [5.74, 6) is 0.462. The first-order chi connectivity index (χ1) is 9.22. The van der Waals surface area contributed by atoms with E-state index < -0.39 is 0 Å². The second kappa shape index (κ2) is 7.17. The minimum Gasteiger partial charge on any atom is -0.394 e. The summed E-state index contributed by atoms with van der Waals surface area (Å²) < 4.78 is 0. The van der Waals surface area contributed by atoms with Crippen LogP contribution in [-0.2, 0) is 4.79 Å². The predicted molar refractivity (Wildman–Crippen MR) is 78.6 cm³/mol. The van der Waals surface area contributed by atoms with Crippen molar-refractivity contribution >= 4 is 29.3 Å². The molecule has 0 aliphatic carbocycles. The van der Waals surface area contributed by atoms with Gasteiger partial charge in [-0.2, -0.15) is 0 Å². The Morgan fingerprint density at radius 2 is 2.21 bits per heavy atom. The maximum Gasteiger partial charge on any atom is 0.233 e. The number of aliphatic hydroxyl groups excluding tert-OH is 1. The van der Waals surface area contributed by atoms with Gasteiger partial charge in [0.1, 0.15) is 0 Å². The monoisotopic (exact) mass is 299 g/mol. The van der Waals surface area contributed by atoms with E-state index in [2.05, 4.69) is 0 Å². The molecule has 1 aromatic rings. The normalized spacial score (nSPS) is 19.5. The van der Waals surface area contributed by atoms with Crippen LogP contribution in [0.1, 0.15) is 19.3 Å². The third-order valence-corrected chi connectivity index (χ3v) is 4.85. The largest absolute Gasteiger partial charge is 0.394 e. The average Bonchev–Trinajstić information content (AvgIpc) is 2.46. The molecule has 1 unspecified atom stereocenters. The molecule has 1 N–H and O–H groups in total. The van der Waals surface area contributed by atoms with Crippen LogP contribution in [0.25, 0.3) is 0 Å². The molecule has 1 amide bonds. The van der Waals surface area contributed by atoms with Crippen molar-refractivity contribution in [2.45, 2.75) is 30.2 Å². The van der Waals surface area contributed by atoms with Crippen molar-refractivity contribution in [3.8, 4) is 0 Å². The van der Waals surface area contributed by atoms with Gasteiger partial charge in [0.2, 0.25) is 5.91 Å². The zero-order chi connectivity index (χ0) is 13.7. The van der Waals surface area contributed by atoms with E-state index in [0.717, 1.165) is 30.7 Å². The van der Waals surface area contributed by atoms with E-state index in [-0.39, 0.29) is 18.6 Å². The van der Waals surface area contributed by atoms with Crippen LogP contribution in [0.15, 0.2) is 29.2 Å².